The highest BCUT2D eigenvalue weighted by atomic mass is 16.3. The Labute approximate surface area is 135 Å². The van der Waals surface area contributed by atoms with Gasteiger partial charge in [0, 0.05) is 16.5 Å². The first-order valence-corrected chi connectivity index (χ1v) is 7.73. The Kier molecular flexibility index (Phi) is 3.23. The van der Waals surface area contributed by atoms with E-state index in [1.807, 2.05) is 24.4 Å². The number of nitrogens with zero attached hydrogens (tertiary/aromatic N) is 1. The maximum absolute atomic E-state index is 5.93. The number of aryl methyl sites for hydroxylation is 2. The SMILES string of the molecule is Cc1cc(C)cc(-c2cc3cc(-c4ccccc4)oc3cn2)c1. The minimum atomic E-state index is 0.817. The number of rotatable bonds is 2. The Balaban J connectivity index is 1.82. The van der Waals surface area contributed by atoms with Crippen molar-refractivity contribution in [3.63, 3.8) is 0 Å². The van der Waals surface area contributed by atoms with E-state index >= 15 is 0 Å². The van der Waals surface area contributed by atoms with Gasteiger partial charge < -0.3 is 4.42 Å². The molecule has 0 amide bonds. The fraction of sp³-hybridized carbons (Fsp3) is 0.0952. The normalized spacial score (nSPS) is 11.0. The lowest BCUT2D eigenvalue weighted by atomic mass is 10.0. The molecule has 23 heavy (non-hydrogen) atoms. The summed E-state index contributed by atoms with van der Waals surface area (Å²) in [7, 11) is 0. The lowest BCUT2D eigenvalue weighted by molar-refractivity contribution is 0.630. The zero-order valence-electron chi connectivity index (χ0n) is 13.2. The maximum atomic E-state index is 5.93. The van der Waals surface area contributed by atoms with E-state index in [-0.39, 0.29) is 0 Å². The van der Waals surface area contributed by atoms with Crippen molar-refractivity contribution in [2.24, 2.45) is 0 Å². The molecule has 0 aliphatic heterocycles. The Hall–Kier alpha value is -2.87. The highest BCUT2D eigenvalue weighted by Gasteiger charge is 2.09. The van der Waals surface area contributed by atoms with Gasteiger partial charge in [-0.15, -0.1) is 0 Å². The Bertz CT molecular complexity index is 963. The van der Waals surface area contributed by atoms with Crippen molar-refractivity contribution in [3.05, 3.63) is 78.0 Å². The fourth-order valence-corrected chi connectivity index (χ4v) is 2.97. The highest BCUT2D eigenvalue weighted by Crippen LogP contribution is 2.30. The molecule has 112 valence electrons. The number of fused-ring (bicyclic) bond motifs is 1. The average molecular weight is 299 g/mol. The lowest BCUT2D eigenvalue weighted by Crippen LogP contribution is -1.85. The molecule has 0 radical (unpaired) electrons. The number of hydrogen-bond donors (Lipinski definition) is 0. The van der Waals surface area contributed by atoms with Gasteiger partial charge >= 0.3 is 0 Å². The van der Waals surface area contributed by atoms with Gasteiger partial charge in [-0.1, -0.05) is 47.5 Å². The number of pyridine rings is 1. The van der Waals surface area contributed by atoms with Crippen molar-refractivity contribution in [1.82, 2.24) is 4.98 Å². The minimum Gasteiger partial charge on any atom is -0.454 e. The first-order chi connectivity index (χ1) is 11.2. The average Bonchev–Trinajstić information content (AvgIpc) is 2.98. The van der Waals surface area contributed by atoms with Gasteiger partial charge in [0.05, 0.1) is 11.9 Å². The van der Waals surface area contributed by atoms with E-state index in [2.05, 4.69) is 61.3 Å². The van der Waals surface area contributed by atoms with Gasteiger partial charge in [0.15, 0.2) is 5.58 Å². The molecule has 0 N–H and O–H groups in total. The van der Waals surface area contributed by atoms with Crippen LogP contribution in [0.25, 0.3) is 33.6 Å². The van der Waals surface area contributed by atoms with E-state index in [0.29, 0.717) is 0 Å². The minimum absolute atomic E-state index is 0.817. The summed E-state index contributed by atoms with van der Waals surface area (Å²) in [5.41, 5.74) is 6.52. The number of furan rings is 1. The molecule has 0 unspecified atom stereocenters. The molecule has 2 heterocycles. The van der Waals surface area contributed by atoms with Crippen molar-refractivity contribution >= 4 is 11.0 Å². The van der Waals surface area contributed by atoms with Crippen molar-refractivity contribution < 1.29 is 4.42 Å². The molecule has 0 aliphatic carbocycles. The zero-order valence-corrected chi connectivity index (χ0v) is 13.2. The first-order valence-electron chi connectivity index (χ1n) is 7.73. The van der Waals surface area contributed by atoms with E-state index in [1.165, 1.54) is 11.1 Å². The topological polar surface area (TPSA) is 26.0 Å². The summed E-state index contributed by atoms with van der Waals surface area (Å²) in [5.74, 6) is 0.875. The van der Waals surface area contributed by atoms with E-state index in [4.69, 9.17) is 4.42 Å². The van der Waals surface area contributed by atoms with Crippen LogP contribution in [0.1, 0.15) is 11.1 Å². The smallest absolute Gasteiger partial charge is 0.153 e. The first kappa shape index (κ1) is 13.8. The molecule has 4 rings (SSSR count). The zero-order chi connectivity index (χ0) is 15.8. The van der Waals surface area contributed by atoms with E-state index < -0.39 is 0 Å². The molecule has 2 aromatic heterocycles. The molecule has 0 aliphatic rings. The second kappa shape index (κ2) is 5.40. The van der Waals surface area contributed by atoms with Crippen molar-refractivity contribution in [1.29, 1.82) is 0 Å². The van der Waals surface area contributed by atoms with Crippen LogP contribution in [0.5, 0.6) is 0 Å². The predicted molar refractivity (Wildman–Crippen MR) is 94.4 cm³/mol. The monoisotopic (exact) mass is 299 g/mol. The summed E-state index contributed by atoms with van der Waals surface area (Å²) in [4.78, 5) is 4.57. The van der Waals surface area contributed by atoms with Gasteiger partial charge in [-0.25, -0.2) is 0 Å². The van der Waals surface area contributed by atoms with Crippen LogP contribution in [0.4, 0.5) is 0 Å². The third kappa shape index (κ3) is 2.64. The van der Waals surface area contributed by atoms with Gasteiger partial charge in [-0.05, 0) is 38.1 Å². The van der Waals surface area contributed by atoms with Gasteiger partial charge in [-0.3, -0.25) is 4.98 Å². The van der Waals surface area contributed by atoms with Crippen molar-refractivity contribution in [2.75, 3.05) is 0 Å². The highest BCUT2D eigenvalue weighted by molar-refractivity contribution is 5.85. The molecule has 2 aromatic carbocycles. The Morgan fingerprint density at radius 1 is 0.783 bits per heavy atom. The summed E-state index contributed by atoms with van der Waals surface area (Å²) >= 11 is 0. The Morgan fingerprint density at radius 2 is 1.52 bits per heavy atom. The van der Waals surface area contributed by atoms with Crippen LogP contribution < -0.4 is 0 Å². The van der Waals surface area contributed by atoms with Crippen molar-refractivity contribution in [2.45, 2.75) is 13.8 Å². The summed E-state index contributed by atoms with van der Waals surface area (Å²) < 4.78 is 5.93. The number of benzene rings is 2. The van der Waals surface area contributed by atoms with Crippen LogP contribution in [0.15, 0.2) is 71.3 Å². The van der Waals surface area contributed by atoms with Crippen LogP contribution >= 0.6 is 0 Å². The van der Waals surface area contributed by atoms with Crippen LogP contribution in [-0.2, 0) is 0 Å². The number of hydrogen-bond acceptors (Lipinski definition) is 2. The van der Waals surface area contributed by atoms with Gasteiger partial charge in [0.1, 0.15) is 5.76 Å². The summed E-state index contributed by atoms with van der Waals surface area (Å²) in [5, 5.41) is 1.08. The second-order valence-electron chi connectivity index (χ2n) is 5.96. The molecule has 2 heteroatoms. The van der Waals surface area contributed by atoms with E-state index in [9.17, 15) is 0 Å². The maximum Gasteiger partial charge on any atom is 0.153 e. The number of aromatic nitrogens is 1. The predicted octanol–water partition coefficient (Wildman–Crippen LogP) is 5.78. The molecular formula is C21H17NO. The van der Waals surface area contributed by atoms with Gasteiger partial charge in [-0.2, -0.15) is 0 Å². The third-order valence-corrected chi connectivity index (χ3v) is 3.98. The van der Waals surface area contributed by atoms with E-state index in [0.717, 1.165) is 33.6 Å². The molecule has 0 spiro atoms. The lowest BCUT2D eigenvalue weighted by Gasteiger charge is -2.04. The van der Waals surface area contributed by atoms with Crippen LogP contribution in [0.2, 0.25) is 0 Å². The van der Waals surface area contributed by atoms with Crippen LogP contribution in [0.3, 0.4) is 0 Å². The second-order valence-corrected chi connectivity index (χ2v) is 5.96. The fourth-order valence-electron chi connectivity index (χ4n) is 2.97. The summed E-state index contributed by atoms with van der Waals surface area (Å²) in [6.45, 7) is 4.22. The molecule has 0 atom stereocenters. The molecule has 0 bridgehead atoms. The Morgan fingerprint density at radius 3 is 2.26 bits per heavy atom. The summed E-state index contributed by atoms with van der Waals surface area (Å²) in [6, 6.07) is 20.8. The molecule has 0 saturated heterocycles. The summed E-state index contributed by atoms with van der Waals surface area (Å²) in [6.07, 6.45) is 1.81. The molecular weight excluding hydrogens is 282 g/mol. The van der Waals surface area contributed by atoms with E-state index in [1.54, 1.807) is 0 Å². The third-order valence-electron chi connectivity index (χ3n) is 3.98. The van der Waals surface area contributed by atoms with Crippen LogP contribution in [-0.4, -0.2) is 4.98 Å². The largest absolute Gasteiger partial charge is 0.454 e. The standard InChI is InChI=1S/C21H17NO/c1-14-8-15(2)10-17(9-14)19-11-18-12-20(23-21(18)13-22-19)16-6-4-3-5-7-16/h3-13H,1-2H3. The molecule has 4 aromatic rings. The molecule has 0 saturated carbocycles. The molecule has 2 nitrogen and oxygen atoms in total. The van der Waals surface area contributed by atoms with Gasteiger partial charge in [0.2, 0.25) is 0 Å². The van der Waals surface area contributed by atoms with Gasteiger partial charge in [0.25, 0.3) is 0 Å². The molecule has 0 fully saturated rings. The van der Waals surface area contributed by atoms with Crippen LogP contribution in [0, 0.1) is 13.8 Å². The quantitative estimate of drug-likeness (QED) is 0.469. The van der Waals surface area contributed by atoms with Crippen molar-refractivity contribution in [3.8, 4) is 22.6 Å².